The minimum atomic E-state index is -1.04. The fourth-order valence-corrected chi connectivity index (χ4v) is 2.20. The summed E-state index contributed by atoms with van der Waals surface area (Å²) in [5, 5.41) is 14.9. The highest BCUT2D eigenvalue weighted by Gasteiger charge is 2.42. The number of carboxylic acid groups (broad SMARTS) is 1. The second-order valence-electron chi connectivity index (χ2n) is 4.90. The lowest BCUT2D eigenvalue weighted by Crippen LogP contribution is -2.57. The molecule has 0 aromatic carbocycles. The number of likely N-dealkylation sites (N-methyl/N-ethyl adjacent to an activating group) is 1. The Morgan fingerprint density at radius 3 is 2.41 bits per heavy atom. The van der Waals surface area contributed by atoms with Crippen LogP contribution < -0.4 is 10.6 Å². The lowest BCUT2D eigenvalue weighted by Gasteiger charge is -2.36. The minimum Gasteiger partial charge on any atom is -0.480 e. The van der Waals surface area contributed by atoms with Crippen LogP contribution in [0, 0.1) is 5.92 Å². The summed E-state index contributed by atoms with van der Waals surface area (Å²) in [5.74, 6) is -0.591. The fraction of sp³-hybridized carbons (Fsp3) is 0.833. The van der Waals surface area contributed by atoms with Crippen LogP contribution in [0.1, 0.15) is 39.5 Å². The molecule has 0 aromatic heterocycles. The van der Waals surface area contributed by atoms with Crippen molar-refractivity contribution < 1.29 is 14.7 Å². The zero-order chi connectivity index (χ0) is 12.9. The molecule has 0 spiro atoms. The average Bonchev–Trinajstić information content (AvgIpc) is 2.29. The molecule has 1 amide bonds. The third-order valence-electron chi connectivity index (χ3n) is 3.45. The van der Waals surface area contributed by atoms with Crippen molar-refractivity contribution in [2.45, 2.75) is 45.1 Å². The van der Waals surface area contributed by atoms with E-state index in [9.17, 15) is 14.7 Å². The number of aliphatic carboxylic acids is 1. The van der Waals surface area contributed by atoms with Crippen LogP contribution in [0.2, 0.25) is 0 Å². The third-order valence-corrected chi connectivity index (χ3v) is 3.45. The predicted octanol–water partition coefficient (Wildman–Crippen LogP) is 0.746. The number of nitrogens with one attached hydrogen (secondary N) is 2. The zero-order valence-electron chi connectivity index (χ0n) is 10.6. The minimum absolute atomic E-state index is 0.182. The van der Waals surface area contributed by atoms with Gasteiger partial charge in [0.2, 0.25) is 5.91 Å². The van der Waals surface area contributed by atoms with E-state index in [1.807, 2.05) is 6.92 Å². The average molecular weight is 242 g/mol. The first-order chi connectivity index (χ1) is 8.00. The van der Waals surface area contributed by atoms with Gasteiger partial charge in [-0.05, 0) is 38.1 Å². The van der Waals surface area contributed by atoms with E-state index in [1.54, 1.807) is 0 Å². The molecule has 0 saturated heterocycles. The number of hydrogen-bond donors (Lipinski definition) is 3. The topological polar surface area (TPSA) is 78.4 Å². The quantitative estimate of drug-likeness (QED) is 0.664. The molecule has 0 unspecified atom stereocenters. The van der Waals surface area contributed by atoms with Crippen LogP contribution in [0.3, 0.4) is 0 Å². The molecule has 17 heavy (non-hydrogen) atoms. The van der Waals surface area contributed by atoms with E-state index in [-0.39, 0.29) is 12.5 Å². The molecular formula is C12H22N2O3. The summed E-state index contributed by atoms with van der Waals surface area (Å²) in [4.78, 5) is 23.0. The van der Waals surface area contributed by atoms with Crippen LogP contribution in [0.25, 0.3) is 0 Å². The Balaban J connectivity index is 2.60. The highest BCUT2D eigenvalue weighted by atomic mass is 16.4. The van der Waals surface area contributed by atoms with Gasteiger partial charge in [-0.3, -0.25) is 4.79 Å². The van der Waals surface area contributed by atoms with Crippen molar-refractivity contribution >= 4 is 11.9 Å². The van der Waals surface area contributed by atoms with Crippen molar-refractivity contribution in [1.82, 2.24) is 10.6 Å². The first-order valence-corrected chi connectivity index (χ1v) is 6.25. The van der Waals surface area contributed by atoms with Crippen LogP contribution in [0.5, 0.6) is 0 Å². The summed E-state index contributed by atoms with van der Waals surface area (Å²) < 4.78 is 0. The lowest BCUT2D eigenvalue weighted by molar-refractivity contribution is -0.149. The summed E-state index contributed by atoms with van der Waals surface area (Å²) in [7, 11) is 0. The van der Waals surface area contributed by atoms with Gasteiger partial charge in [0.05, 0.1) is 6.54 Å². The van der Waals surface area contributed by atoms with Crippen molar-refractivity contribution in [3.63, 3.8) is 0 Å². The second kappa shape index (κ2) is 6.00. The SMILES string of the molecule is CCNCC(=O)NC1(C(=O)O)CCC(C)CC1. The molecule has 5 heteroatoms. The molecule has 1 aliphatic rings. The normalized spacial score (nSPS) is 28.7. The Labute approximate surface area is 102 Å². The van der Waals surface area contributed by atoms with E-state index in [1.165, 1.54) is 0 Å². The van der Waals surface area contributed by atoms with E-state index in [0.29, 0.717) is 25.3 Å². The van der Waals surface area contributed by atoms with Gasteiger partial charge in [-0.2, -0.15) is 0 Å². The maximum atomic E-state index is 11.6. The third kappa shape index (κ3) is 3.70. The maximum Gasteiger partial charge on any atom is 0.329 e. The summed E-state index contributed by atoms with van der Waals surface area (Å²) in [6, 6.07) is 0. The van der Waals surface area contributed by atoms with Gasteiger partial charge in [-0.25, -0.2) is 4.79 Å². The van der Waals surface area contributed by atoms with Gasteiger partial charge in [0, 0.05) is 0 Å². The molecule has 98 valence electrons. The molecule has 0 heterocycles. The standard InChI is InChI=1S/C12H22N2O3/c1-3-13-8-10(15)14-12(11(16)17)6-4-9(2)5-7-12/h9,13H,3-8H2,1-2H3,(H,14,15)(H,16,17). The number of carbonyl (C=O) groups is 2. The molecule has 5 nitrogen and oxygen atoms in total. The summed E-state index contributed by atoms with van der Waals surface area (Å²) in [6.45, 7) is 4.90. The van der Waals surface area contributed by atoms with Crippen molar-refractivity contribution in [1.29, 1.82) is 0 Å². The van der Waals surface area contributed by atoms with Crippen molar-refractivity contribution in [2.75, 3.05) is 13.1 Å². The van der Waals surface area contributed by atoms with Gasteiger partial charge in [0.1, 0.15) is 5.54 Å². The van der Waals surface area contributed by atoms with Crippen LogP contribution in [0.15, 0.2) is 0 Å². The Bertz CT molecular complexity index is 283. The monoisotopic (exact) mass is 242 g/mol. The Kier molecular flexibility index (Phi) is 4.93. The van der Waals surface area contributed by atoms with Gasteiger partial charge in [0.25, 0.3) is 0 Å². The van der Waals surface area contributed by atoms with E-state index in [4.69, 9.17) is 0 Å². The molecule has 1 fully saturated rings. The van der Waals surface area contributed by atoms with Crippen molar-refractivity contribution in [2.24, 2.45) is 5.92 Å². The van der Waals surface area contributed by atoms with Crippen LogP contribution >= 0.6 is 0 Å². The van der Waals surface area contributed by atoms with Crippen molar-refractivity contribution in [3.8, 4) is 0 Å². The number of carboxylic acids is 1. The van der Waals surface area contributed by atoms with Crippen molar-refractivity contribution in [3.05, 3.63) is 0 Å². The molecule has 1 aliphatic carbocycles. The summed E-state index contributed by atoms with van der Waals surface area (Å²) in [6.07, 6.45) is 2.77. The Morgan fingerprint density at radius 2 is 1.94 bits per heavy atom. The van der Waals surface area contributed by atoms with Gasteiger partial charge < -0.3 is 15.7 Å². The molecule has 0 bridgehead atoms. The molecule has 0 aliphatic heterocycles. The molecule has 3 N–H and O–H groups in total. The molecule has 1 saturated carbocycles. The molecule has 0 aromatic rings. The number of carbonyl (C=O) groups excluding carboxylic acids is 1. The highest BCUT2D eigenvalue weighted by molar-refractivity contribution is 5.88. The first-order valence-electron chi connectivity index (χ1n) is 6.25. The lowest BCUT2D eigenvalue weighted by atomic mass is 9.77. The van der Waals surface area contributed by atoms with Gasteiger partial charge in [0.15, 0.2) is 0 Å². The molecular weight excluding hydrogens is 220 g/mol. The predicted molar refractivity (Wildman–Crippen MR) is 64.7 cm³/mol. The molecule has 1 rings (SSSR count). The highest BCUT2D eigenvalue weighted by Crippen LogP contribution is 2.32. The largest absolute Gasteiger partial charge is 0.480 e. The number of hydrogen-bond acceptors (Lipinski definition) is 3. The van der Waals surface area contributed by atoms with E-state index >= 15 is 0 Å². The summed E-state index contributed by atoms with van der Waals surface area (Å²) >= 11 is 0. The van der Waals surface area contributed by atoms with Crippen LogP contribution in [-0.2, 0) is 9.59 Å². The number of rotatable bonds is 5. The van der Waals surface area contributed by atoms with Gasteiger partial charge in [-0.15, -0.1) is 0 Å². The second-order valence-corrected chi connectivity index (χ2v) is 4.90. The van der Waals surface area contributed by atoms with E-state index in [0.717, 1.165) is 12.8 Å². The first kappa shape index (κ1) is 14.0. The smallest absolute Gasteiger partial charge is 0.329 e. The van der Waals surface area contributed by atoms with E-state index in [2.05, 4.69) is 17.6 Å². The van der Waals surface area contributed by atoms with Crippen LogP contribution in [0.4, 0.5) is 0 Å². The Morgan fingerprint density at radius 1 is 1.35 bits per heavy atom. The number of amides is 1. The fourth-order valence-electron chi connectivity index (χ4n) is 2.20. The zero-order valence-corrected chi connectivity index (χ0v) is 10.6. The molecule has 0 atom stereocenters. The maximum absolute atomic E-state index is 11.6. The van der Waals surface area contributed by atoms with Gasteiger partial charge >= 0.3 is 5.97 Å². The van der Waals surface area contributed by atoms with E-state index < -0.39 is 11.5 Å². The molecule has 0 radical (unpaired) electrons. The summed E-state index contributed by atoms with van der Waals surface area (Å²) in [5.41, 5.74) is -1.04. The van der Waals surface area contributed by atoms with Gasteiger partial charge in [-0.1, -0.05) is 13.8 Å². The van der Waals surface area contributed by atoms with Crippen LogP contribution in [-0.4, -0.2) is 35.6 Å². The Hall–Kier alpha value is -1.10.